The molecule has 0 bridgehead atoms. The van der Waals surface area contributed by atoms with Crippen molar-refractivity contribution in [2.24, 2.45) is 0 Å². The summed E-state index contributed by atoms with van der Waals surface area (Å²) in [5.41, 5.74) is -0.664. The van der Waals surface area contributed by atoms with Gasteiger partial charge < -0.3 is 9.47 Å². The third-order valence-electron chi connectivity index (χ3n) is 1.46. The van der Waals surface area contributed by atoms with E-state index in [4.69, 9.17) is 4.74 Å². The molecule has 0 fully saturated rings. The van der Waals surface area contributed by atoms with Crippen LogP contribution in [0.1, 0.15) is 48.8 Å². The van der Waals surface area contributed by atoms with E-state index in [9.17, 15) is 9.59 Å². The van der Waals surface area contributed by atoms with Crippen molar-refractivity contribution in [3.05, 3.63) is 11.5 Å². The van der Waals surface area contributed by atoms with Gasteiger partial charge in [-0.1, -0.05) is 0 Å². The minimum absolute atomic E-state index is 0.188. The number of rotatable bonds is 3. The molecule has 0 spiro atoms. The molecule has 6 heteroatoms. The van der Waals surface area contributed by atoms with Gasteiger partial charge in [-0.05, 0) is 27.7 Å². The summed E-state index contributed by atoms with van der Waals surface area (Å²) in [6.45, 7) is 6.94. The number of esters is 2. The first kappa shape index (κ1) is 12.4. The van der Waals surface area contributed by atoms with E-state index < -0.39 is 17.5 Å². The Morgan fingerprint density at radius 3 is 2.00 bits per heavy atom. The average molecular weight is 230 g/mol. The summed E-state index contributed by atoms with van der Waals surface area (Å²) in [6.07, 6.45) is 0. The lowest BCUT2D eigenvalue weighted by molar-refractivity contribution is -0.0536. The maximum Gasteiger partial charge on any atom is 0.384 e. The maximum absolute atomic E-state index is 11.5. The third kappa shape index (κ3) is 2.88. The fourth-order valence-corrected chi connectivity index (χ4v) is 0.900. The summed E-state index contributed by atoms with van der Waals surface area (Å²) in [6, 6.07) is 0. The van der Waals surface area contributed by atoms with Crippen LogP contribution in [0.5, 0.6) is 0 Å². The lowest BCUT2D eigenvalue weighted by atomic mass is 10.2. The van der Waals surface area contributed by atoms with Crippen molar-refractivity contribution in [3.8, 4) is 0 Å². The molecule has 0 amide bonds. The highest BCUT2D eigenvalue weighted by Crippen LogP contribution is 2.19. The number of ether oxygens (including phenoxy) is 2. The Kier molecular flexibility index (Phi) is 3.41. The molecule has 0 aliphatic carbocycles. The van der Waals surface area contributed by atoms with E-state index >= 15 is 0 Å². The van der Waals surface area contributed by atoms with Crippen molar-refractivity contribution < 1.29 is 28.2 Å². The predicted octanol–water partition coefficient (Wildman–Crippen LogP) is 2.00. The van der Waals surface area contributed by atoms with Gasteiger partial charge in [0.05, 0.1) is 6.61 Å². The molecule has 6 nitrogen and oxygen atoms in total. The van der Waals surface area contributed by atoms with E-state index in [-0.39, 0.29) is 18.1 Å². The van der Waals surface area contributed by atoms with Crippen molar-refractivity contribution in [2.45, 2.75) is 33.3 Å². The molecule has 1 aromatic rings. The largest absolute Gasteiger partial charge is 0.460 e. The van der Waals surface area contributed by atoms with Gasteiger partial charge in [-0.25, -0.2) is 9.59 Å². The van der Waals surface area contributed by atoms with Gasteiger partial charge in [0.25, 0.3) is 0 Å². The van der Waals surface area contributed by atoms with Crippen LogP contribution in [0.25, 0.3) is 0 Å². The number of hydrogen-bond donors (Lipinski definition) is 0. The molecule has 0 unspecified atom stereocenters. The topological polar surface area (TPSA) is 78.9 Å². The van der Waals surface area contributed by atoms with E-state index in [0.29, 0.717) is 0 Å². The van der Waals surface area contributed by atoms with Crippen molar-refractivity contribution in [1.29, 1.82) is 0 Å². The van der Waals surface area contributed by atoms with E-state index in [1.54, 1.807) is 27.7 Å². The van der Waals surface area contributed by atoms with Crippen molar-refractivity contribution in [2.75, 3.05) is 6.61 Å². The molecule has 0 aromatic carbocycles. The monoisotopic (exact) mass is 230 g/mol. The Morgan fingerprint density at radius 2 is 1.62 bits per heavy atom. The summed E-state index contributed by atoms with van der Waals surface area (Å²) >= 11 is 0. The van der Waals surface area contributed by atoms with Gasteiger partial charge >= 0.3 is 23.5 Å². The summed E-state index contributed by atoms with van der Waals surface area (Å²) in [5, 5.41) is 0. The molecule has 1 aromatic heterocycles. The maximum atomic E-state index is 11.5. The van der Waals surface area contributed by atoms with Gasteiger partial charge in [0.15, 0.2) is 0 Å². The first-order chi connectivity index (χ1) is 7.35. The second kappa shape index (κ2) is 4.42. The van der Waals surface area contributed by atoms with Crippen LogP contribution >= 0.6 is 0 Å². The molecule has 0 N–H and O–H groups in total. The van der Waals surface area contributed by atoms with E-state index in [2.05, 4.69) is 13.9 Å². The van der Waals surface area contributed by atoms with Gasteiger partial charge in [-0.3, -0.25) is 9.15 Å². The first-order valence-corrected chi connectivity index (χ1v) is 4.84. The number of hydrogen-bond acceptors (Lipinski definition) is 6. The quantitative estimate of drug-likeness (QED) is 0.583. The zero-order valence-electron chi connectivity index (χ0n) is 9.66. The molecule has 0 saturated carbocycles. The molecule has 1 rings (SSSR count). The Hall–Kier alpha value is -1.72. The lowest BCUT2D eigenvalue weighted by Crippen LogP contribution is -2.26. The van der Waals surface area contributed by atoms with Gasteiger partial charge in [0.1, 0.15) is 5.60 Å². The van der Waals surface area contributed by atoms with Gasteiger partial charge in [-0.15, -0.1) is 0 Å². The summed E-state index contributed by atoms with van der Waals surface area (Å²) < 4.78 is 18.5. The van der Waals surface area contributed by atoms with Gasteiger partial charge in [0, 0.05) is 0 Å². The summed E-state index contributed by atoms with van der Waals surface area (Å²) in [7, 11) is 0. The zero-order valence-corrected chi connectivity index (χ0v) is 9.66. The highest BCUT2D eigenvalue weighted by molar-refractivity contribution is 5.99. The van der Waals surface area contributed by atoms with E-state index in [1.165, 1.54) is 0 Å². The lowest BCUT2D eigenvalue weighted by Gasteiger charge is -2.19. The Labute approximate surface area is 92.4 Å². The van der Waals surface area contributed by atoms with Crippen molar-refractivity contribution in [1.82, 2.24) is 0 Å². The van der Waals surface area contributed by atoms with Crippen LogP contribution in [0.3, 0.4) is 0 Å². The average Bonchev–Trinajstić information content (AvgIpc) is 1.97. The van der Waals surface area contributed by atoms with Crippen LogP contribution in [0.2, 0.25) is 0 Å². The molecule has 0 saturated heterocycles. The Balaban J connectivity index is 2.70. The Morgan fingerprint density at radius 1 is 1.12 bits per heavy atom. The molecule has 0 atom stereocenters. The predicted molar refractivity (Wildman–Crippen MR) is 52.1 cm³/mol. The van der Waals surface area contributed by atoms with Crippen molar-refractivity contribution >= 4 is 11.9 Å². The molecule has 0 radical (unpaired) electrons. The SMILES string of the molecule is CCOC(=O)c1ooc1C(=O)OC(C)(C)C. The normalized spacial score (nSPS) is 11.2. The third-order valence-corrected chi connectivity index (χ3v) is 1.46. The van der Waals surface area contributed by atoms with E-state index in [0.717, 1.165) is 0 Å². The minimum atomic E-state index is -0.748. The molecule has 90 valence electrons. The number of carbonyl (C=O) groups is 2. The van der Waals surface area contributed by atoms with Gasteiger partial charge in [0.2, 0.25) is 0 Å². The standard InChI is InChI=1S/C10H14O6/c1-5-13-8(11)6-7(16-15-6)9(12)14-10(2,3)4/h5H2,1-4H3. The van der Waals surface area contributed by atoms with Gasteiger partial charge in [-0.2, -0.15) is 0 Å². The molecular weight excluding hydrogens is 216 g/mol. The summed E-state index contributed by atoms with van der Waals surface area (Å²) in [4.78, 5) is 22.7. The molecule has 1 heterocycles. The molecule has 16 heavy (non-hydrogen) atoms. The van der Waals surface area contributed by atoms with Crippen molar-refractivity contribution in [3.63, 3.8) is 0 Å². The van der Waals surface area contributed by atoms with Crippen LogP contribution in [0.15, 0.2) is 9.15 Å². The van der Waals surface area contributed by atoms with Crippen LogP contribution in [-0.2, 0) is 9.47 Å². The zero-order chi connectivity index (χ0) is 12.3. The number of carbonyl (C=O) groups excluding carboxylic acids is 2. The smallest absolute Gasteiger partial charge is 0.384 e. The Bertz CT molecular complexity index is 378. The highest BCUT2D eigenvalue weighted by Gasteiger charge is 2.33. The van der Waals surface area contributed by atoms with Crippen LogP contribution < -0.4 is 0 Å². The highest BCUT2D eigenvalue weighted by atomic mass is 17.0. The second-order valence-corrected chi connectivity index (χ2v) is 4.05. The van der Waals surface area contributed by atoms with E-state index in [1.807, 2.05) is 0 Å². The second-order valence-electron chi connectivity index (χ2n) is 4.05. The first-order valence-electron chi connectivity index (χ1n) is 4.84. The van der Waals surface area contributed by atoms with Crippen LogP contribution in [0, 0.1) is 0 Å². The summed E-state index contributed by atoms with van der Waals surface area (Å²) in [5.74, 6) is -2.00. The minimum Gasteiger partial charge on any atom is -0.460 e. The fraction of sp³-hybridized carbons (Fsp3) is 0.600. The van der Waals surface area contributed by atoms with Crippen LogP contribution in [-0.4, -0.2) is 24.1 Å². The fourth-order valence-electron chi connectivity index (χ4n) is 0.900. The molecule has 0 aliphatic rings. The van der Waals surface area contributed by atoms with Crippen LogP contribution in [0.4, 0.5) is 0 Å². The molecular formula is C10H14O6. The molecule has 0 aliphatic heterocycles.